The number of carbonyl (C=O) groups excluding carboxylic acids is 2. The molecule has 0 aliphatic carbocycles. The number of nitro benzene ring substituents is 1. The molecule has 1 aliphatic heterocycles. The molecule has 0 unspecified atom stereocenters. The van der Waals surface area contributed by atoms with Gasteiger partial charge in [0.25, 0.3) is 17.4 Å². The summed E-state index contributed by atoms with van der Waals surface area (Å²) < 4.78 is 19.1. The largest absolute Gasteiger partial charge is 0.507 e. The van der Waals surface area contributed by atoms with Crippen molar-refractivity contribution >= 4 is 23.1 Å². The van der Waals surface area contributed by atoms with Crippen LogP contribution in [0.25, 0.3) is 5.76 Å². The van der Waals surface area contributed by atoms with Crippen LogP contribution in [0.4, 0.5) is 10.1 Å². The molecule has 1 heterocycles. The zero-order valence-electron chi connectivity index (χ0n) is 16.2. The van der Waals surface area contributed by atoms with Crippen molar-refractivity contribution in [2.24, 2.45) is 0 Å². The molecule has 0 spiro atoms. The van der Waals surface area contributed by atoms with Crippen LogP contribution in [-0.4, -0.2) is 58.1 Å². The Hall–Kier alpha value is -3.63. The molecule has 9 nitrogen and oxygen atoms in total. The maximum atomic E-state index is 13.9. The molecule has 1 saturated heterocycles. The molecule has 2 aromatic carbocycles. The number of ketones is 1. The minimum atomic E-state index is -1.12. The number of Topliss-reactive ketones (excluding diaryl/α,β-unsaturated/α-hetero) is 1. The van der Waals surface area contributed by atoms with E-state index in [4.69, 9.17) is 9.84 Å². The third kappa shape index (κ3) is 4.60. The van der Waals surface area contributed by atoms with Crippen LogP contribution >= 0.6 is 0 Å². The van der Waals surface area contributed by atoms with Gasteiger partial charge in [0.2, 0.25) is 0 Å². The van der Waals surface area contributed by atoms with Crippen LogP contribution in [-0.2, 0) is 14.3 Å². The molecule has 0 bridgehead atoms. The minimum absolute atomic E-state index is 0.00372. The molecule has 1 aliphatic rings. The van der Waals surface area contributed by atoms with Gasteiger partial charge in [0, 0.05) is 24.2 Å². The van der Waals surface area contributed by atoms with Gasteiger partial charge in [0.15, 0.2) is 0 Å². The molecule has 3 rings (SSSR count). The molecule has 10 heteroatoms. The van der Waals surface area contributed by atoms with Crippen molar-refractivity contribution in [1.29, 1.82) is 0 Å². The van der Waals surface area contributed by atoms with E-state index in [-0.39, 0.29) is 48.8 Å². The summed E-state index contributed by atoms with van der Waals surface area (Å²) in [6.07, 6.45) is 0. The zero-order valence-corrected chi connectivity index (χ0v) is 16.2. The molecule has 0 saturated carbocycles. The Bertz CT molecular complexity index is 1050. The number of aliphatic hydroxyl groups is 2. The lowest BCUT2D eigenvalue weighted by molar-refractivity contribution is -0.384. The first-order valence-electron chi connectivity index (χ1n) is 9.32. The summed E-state index contributed by atoms with van der Waals surface area (Å²) in [7, 11) is 0. The highest BCUT2D eigenvalue weighted by molar-refractivity contribution is 6.46. The molecule has 0 aromatic heterocycles. The van der Waals surface area contributed by atoms with E-state index in [2.05, 4.69) is 0 Å². The fraction of sp³-hybridized carbons (Fsp3) is 0.238. The van der Waals surface area contributed by atoms with Crippen LogP contribution in [0, 0.1) is 15.9 Å². The number of benzene rings is 2. The third-order valence-corrected chi connectivity index (χ3v) is 4.75. The zero-order chi connectivity index (χ0) is 22.5. The van der Waals surface area contributed by atoms with E-state index >= 15 is 0 Å². The van der Waals surface area contributed by atoms with Gasteiger partial charge in [-0.15, -0.1) is 0 Å². The number of nitrogens with zero attached hydrogens (tertiary/aromatic N) is 2. The van der Waals surface area contributed by atoms with Gasteiger partial charge in [-0.1, -0.05) is 24.3 Å². The van der Waals surface area contributed by atoms with Crippen molar-refractivity contribution < 1.29 is 33.9 Å². The normalized spacial score (nSPS) is 17.9. The summed E-state index contributed by atoms with van der Waals surface area (Å²) in [5.41, 5.74) is -0.394. The highest BCUT2D eigenvalue weighted by Gasteiger charge is 2.46. The minimum Gasteiger partial charge on any atom is -0.507 e. The Kier molecular flexibility index (Phi) is 6.73. The predicted molar refractivity (Wildman–Crippen MR) is 106 cm³/mol. The molecule has 0 radical (unpaired) electrons. The van der Waals surface area contributed by atoms with Crippen LogP contribution in [0.1, 0.15) is 17.2 Å². The fourth-order valence-corrected chi connectivity index (χ4v) is 3.39. The highest BCUT2D eigenvalue weighted by atomic mass is 19.1. The molecule has 2 N–H and O–H groups in total. The van der Waals surface area contributed by atoms with Crippen LogP contribution in [0.15, 0.2) is 54.1 Å². The quantitative estimate of drug-likeness (QED) is 0.164. The van der Waals surface area contributed by atoms with E-state index in [0.29, 0.717) is 0 Å². The van der Waals surface area contributed by atoms with Gasteiger partial charge in [-0.25, -0.2) is 4.39 Å². The van der Waals surface area contributed by atoms with E-state index in [1.807, 2.05) is 0 Å². The van der Waals surface area contributed by atoms with Crippen LogP contribution < -0.4 is 0 Å². The number of halogens is 1. The van der Waals surface area contributed by atoms with Gasteiger partial charge >= 0.3 is 0 Å². The Balaban J connectivity index is 2.10. The highest BCUT2D eigenvalue weighted by Crippen LogP contribution is 2.39. The van der Waals surface area contributed by atoms with E-state index in [1.54, 1.807) is 0 Å². The van der Waals surface area contributed by atoms with Crippen molar-refractivity contribution in [3.63, 3.8) is 0 Å². The number of rotatable bonds is 8. The molecule has 1 amide bonds. The summed E-state index contributed by atoms with van der Waals surface area (Å²) in [5.74, 6) is -3.13. The maximum absolute atomic E-state index is 13.9. The van der Waals surface area contributed by atoms with Crippen molar-refractivity contribution in [1.82, 2.24) is 4.90 Å². The number of carbonyl (C=O) groups is 2. The van der Waals surface area contributed by atoms with Crippen LogP contribution in [0.2, 0.25) is 0 Å². The smallest absolute Gasteiger partial charge is 0.295 e. The predicted octanol–water partition coefficient (Wildman–Crippen LogP) is 2.16. The standard InChI is InChI=1S/C21H19FN2O7/c22-15-5-1-3-13(11-15)18-17(19(26)14-4-2-6-16(12-14)24(29)30)20(27)21(28)23(18)7-9-31-10-8-25/h1-6,11-12,18,25-26H,7-10H2/t18-/m0/s1. The fourth-order valence-electron chi connectivity index (χ4n) is 3.39. The topological polar surface area (TPSA) is 130 Å². The average Bonchev–Trinajstić information content (AvgIpc) is 3.01. The van der Waals surface area contributed by atoms with Gasteiger partial charge in [0.1, 0.15) is 11.6 Å². The Labute approximate surface area is 176 Å². The van der Waals surface area contributed by atoms with Crippen molar-refractivity contribution in [2.45, 2.75) is 6.04 Å². The van der Waals surface area contributed by atoms with Crippen LogP contribution in [0.3, 0.4) is 0 Å². The van der Waals surface area contributed by atoms with Gasteiger partial charge in [-0.05, 0) is 17.7 Å². The lowest BCUT2D eigenvalue weighted by atomic mass is 9.95. The number of non-ortho nitro benzene ring substituents is 1. The molecule has 162 valence electrons. The number of ether oxygens (including phenoxy) is 1. The maximum Gasteiger partial charge on any atom is 0.295 e. The number of likely N-dealkylation sites (tertiary alicyclic amines) is 1. The van der Waals surface area contributed by atoms with Crippen molar-refractivity contribution in [3.8, 4) is 0 Å². The molecular formula is C21H19FN2O7. The molecule has 1 atom stereocenters. The second-order valence-corrected chi connectivity index (χ2v) is 6.69. The Morgan fingerprint density at radius 1 is 1.16 bits per heavy atom. The second-order valence-electron chi connectivity index (χ2n) is 6.69. The first-order valence-corrected chi connectivity index (χ1v) is 9.32. The molecular weight excluding hydrogens is 411 g/mol. The number of hydrogen-bond acceptors (Lipinski definition) is 7. The first-order chi connectivity index (χ1) is 14.8. The van der Waals surface area contributed by atoms with Gasteiger partial charge < -0.3 is 19.8 Å². The van der Waals surface area contributed by atoms with E-state index in [9.17, 15) is 29.2 Å². The van der Waals surface area contributed by atoms with Gasteiger partial charge in [-0.2, -0.15) is 0 Å². The van der Waals surface area contributed by atoms with Gasteiger partial charge in [0.05, 0.1) is 36.4 Å². The van der Waals surface area contributed by atoms with Gasteiger partial charge in [-0.3, -0.25) is 19.7 Å². The number of aliphatic hydroxyl groups excluding tert-OH is 2. The second kappa shape index (κ2) is 9.45. The van der Waals surface area contributed by atoms with Crippen molar-refractivity contribution in [3.05, 3.63) is 81.2 Å². The van der Waals surface area contributed by atoms with E-state index in [0.717, 1.165) is 17.0 Å². The van der Waals surface area contributed by atoms with Crippen molar-refractivity contribution in [2.75, 3.05) is 26.4 Å². The third-order valence-electron chi connectivity index (χ3n) is 4.75. The summed E-state index contributed by atoms with van der Waals surface area (Å²) in [6, 6.07) is 9.12. The number of nitro groups is 1. The summed E-state index contributed by atoms with van der Waals surface area (Å²) >= 11 is 0. The van der Waals surface area contributed by atoms with E-state index in [1.165, 1.54) is 36.4 Å². The Morgan fingerprint density at radius 3 is 2.58 bits per heavy atom. The number of hydrogen-bond donors (Lipinski definition) is 2. The number of amides is 1. The summed E-state index contributed by atoms with van der Waals surface area (Å²) in [6.45, 7) is -0.255. The van der Waals surface area contributed by atoms with E-state index < -0.39 is 34.2 Å². The SMILES string of the molecule is O=C1C(=O)N(CCOCCO)[C@@H](c2cccc(F)c2)C1=C(O)c1cccc([N+](=O)[O-])c1. The summed E-state index contributed by atoms with van der Waals surface area (Å²) in [5, 5.41) is 30.7. The molecule has 31 heavy (non-hydrogen) atoms. The molecule has 2 aromatic rings. The summed E-state index contributed by atoms with van der Waals surface area (Å²) in [4.78, 5) is 37.0. The lowest BCUT2D eigenvalue weighted by Gasteiger charge is -2.25. The van der Waals surface area contributed by atoms with Crippen LogP contribution in [0.5, 0.6) is 0 Å². The first kappa shape index (κ1) is 22.1. The monoisotopic (exact) mass is 430 g/mol. The average molecular weight is 430 g/mol. The molecule has 1 fully saturated rings. The Morgan fingerprint density at radius 2 is 1.90 bits per heavy atom. The lowest BCUT2D eigenvalue weighted by Crippen LogP contribution is -2.33.